The van der Waals surface area contributed by atoms with Gasteiger partial charge in [0.1, 0.15) is 17.5 Å². The van der Waals surface area contributed by atoms with Crippen molar-refractivity contribution in [2.45, 2.75) is 277 Å². The van der Waals surface area contributed by atoms with Crippen molar-refractivity contribution in [2.75, 3.05) is 19.6 Å². The Morgan fingerprint density at radius 3 is 1.28 bits per heavy atom. The normalized spacial score (nSPS) is 15.2. The monoisotopic (exact) mass is 1500 g/mol. The lowest BCUT2D eigenvalue weighted by Crippen LogP contribution is -3.12. The summed E-state index contributed by atoms with van der Waals surface area (Å²) >= 11 is 0. The molecule has 0 fully saturated rings. The molecule has 0 heterocycles. The molecule has 6 aromatic rings. The van der Waals surface area contributed by atoms with Gasteiger partial charge in [0.25, 0.3) is 8.32 Å². The van der Waals surface area contributed by atoms with Gasteiger partial charge in [-0.1, -0.05) is 274 Å². The lowest BCUT2D eigenvalue weighted by molar-refractivity contribution is -0.900. The fourth-order valence-corrected chi connectivity index (χ4v) is 23.5. The molecule has 103 heavy (non-hydrogen) atoms. The second kappa shape index (κ2) is 39.0. The first-order valence-electron chi connectivity index (χ1n) is 38.6. The van der Waals surface area contributed by atoms with Crippen molar-refractivity contribution in [1.29, 1.82) is 0 Å². The maximum absolute atomic E-state index is 18.6. The summed E-state index contributed by atoms with van der Waals surface area (Å²) < 4.78 is 260. The molecule has 0 saturated heterocycles. The van der Waals surface area contributed by atoms with E-state index >= 15 is 65.9 Å². The van der Waals surface area contributed by atoms with Crippen LogP contribution in [0, 0.1) is 87.3 Å². The Hall–Kier alpha value is -5.25. The van der Waals surface area contributed by atoms with E-state index < -0.39 is 197 Å². The molecule has 2 aliphatic rings. The lowest BCUT2D eigenvalue weighted by atomic mass is 9.06. The van der Waals surface area contributed by atoms with Crippen molar-refractivity contribution in [3.63, 3.8) is 0 Å². The van der Waals surface area contributed by atoms with E-state index in [4.69, 9.17) is 4.43 Å². The molecule has 0 bridgehead atoms. The van der Waals surface area contributed by atoms with Crippen LogP contribution in [0.2, 0.25) is 55.4 Å². The molecule has 6 aromatic carbocycles. The average molecular weight is 1510 g/mol. The van der Waals surface area contributed by atoms with Crippen LogP contribution in [-0.2, 0) is 0 Å². The number of unbranched alkanes of at least 4 members (excludes halogenated alkanes) is 20. The van der Waals surface area contributed by atoms with Crippen molar-refractivity contribution in [3.8, 4) is 28.0 Å². The van der Waals surface area contributed by atoms with Crippen LogP contribution >= 0.6 is 0 Å². The number of fused-ring (bicyclic) bond motifs is 6. The number of hydrogen-bond acceptors (Lipinski definition) is 1. The summed E-state index contributed by atoms with van der Waals surface area (Å²) in [5.41, 5.74) is -11.9. The molecule has 0 amide bonds. The van der Waals surface area contributed by atoms with E-state index in [2.05, 4.69) is 41.2 Å². The molecular formula is C82H110BF15NOSi3. The molecule has 2 aliphatic carbocycles. The van der Waals surface area contributed by atoms with Crippen LogP contribution in [0.1, 0.15) is 243 Å². The van der Waals surface area contributed by atoms with E-state index in [-0.39, 0.29) is 23.3 Å². The summed E-state index contributed by atoms with van der Waals surface area (Å²) in [6.45, 7) is 26.6. The molecular weight excluding hydrogens is 1390 g/mol. The quantitative estimate of drug-likeness (QED) is 0.0133. The number of rotatable bonds is 41. The van der Waals surface area contributed by atoms with Gasteiger partial charge in [-0.05, 0) is 84.5 Å². The Morgan fingerprint density at radius 1 is 0.417 bits per heavy atom. The number of hydrogen-bond donors (Lipinski definition) is 1. The molecule has 0 spiro atoms. The van der Waals surface area contributed by atoms with Crippen LogP contribution < -0.4 is 25.4 Å². The highest BCUT2D eigenvalue weighted by Crippen LogP contribution is 2.61. The zero-order chi connectivity index (χ0) is 75.7. The molecule has 1 radical (unpaired) electrons. The van der Waals surface area contributed by atoms with Gasteiger partial charge >= 0.3 is 0 Å². The number of benzene rings is 6. The third kappa shape index (κ3) is 18.5. The SMILES string of the molecule is CCCCCCCC[NH+](CCCCCCCC)CCCCCCCC.CC[Si](C)(CC)CCCCCCCC[Si](CC)(Oc1c(F)c(F)c([B-](c2ccc(F)c(F)c2F)(C2c3ccccc3-c3c(F)c(F)c(F)c(F)c32)C2c3cc([Si](C)C)ccc3-c3c(F)c(F)c(F)c(F)c32)c(F)c1F)C(C)C. The minimum Gasteiger partial charge on any atom is -0.539 e. The predicted molar refractivity (Wildman–Crippen MR) is 399 cm³/mol. The summed E-state index contributed by atoms with van der Waals surface area (Å²) in [7, 11) is -6.62. The second-order valence-corrected chi connectivity index (χ2v) is 43.1. The highest BCUT2D eigenvalue weighted by molar-refractivity contribution is 7.05. The first-order chi connectivity index (χ1) is 49.2. The zero-order valence-corrected chi connectivity index (χ0v) is 65.7. The summed E-state index contributed by atoms with van der Waals surface area (Å²) in [5.74, 6) is -42.7. The average Bonchev–Trinajstić information content (AvgIpc) is 1.55. The van der Waals surface area contributed by atoms with E-state index in [1.54, 1.807) is 33.9 Å². The molecule has 2 nitrogen and oxygen atoms in total. The van der Waals surface area contributed by atoms with Crippen LogP contribution in [0.15, 0.2) is 54.6 Å². The predicted octanol–water partition coefficient (Wildman–Crippen LogP) is 24.2. The molecule has 569 valence electrons. The second-order valence-electron chi connectivity index (χ2n) is 30.3. The van der Waals surface area contributed by atoms with Gasteiger partial charge in [0, 0.05) is 19.2 Å². The summed E-state index contributed by atoms with van der Waals surface area (Å²) in [6.07, 6.45) is 25.7. The van der Waals surface area contributed by atoms with Gasteiger partial charge in [-0.2, -0.15) is 14.2 Å². The summed E-state index contributed by atoms with van der Waals surface area (Å²) in [4.78, 5) is 1.92. The number of quaternary nitrogens is 1. The van der Waals surface area contributed by atoms with E-state index in [9.17, 15) is 0 Å². The van der Waals surface area contributed by atoms with E-state index in [0.717, 1.165) is 62.1 Å². The maximum atomic E-state index is 18.6. The van der Waals surface area contributed by atoms with Crippen molar-refractivity contribution >= 4 is 47.4 Å². The van der Waals surface area contributed by atoms with Crippen LogP contribution in [-0.4, -0.2) is 51.0 Å². The minimum absolute atomic E-state index is 0.144. The van der Waals surface area contributed by atoms with Crippen molar-refractivity contribution in [3.05, 3.63) is 164 Å². The summed E-state index contributed by atoms with van der Waals surface area (Å²) in [6, 6.07) is 12.2. The fraction of sp³-hybridized carbons (Fsp3) is 0.561. The fourth-order valence-electron chi connectivity index (χ4n) is 16.7. The van der Waals surface area contributed by atoms with Gasteiger partial charge in [0.15, 0.2) is 75.6 Å². The Balaban J connectivity index is 0.000000505. The highest BCUT2D eigenvalue weighted by Gasteiger charge is 2.58. The minimum atomic E-state index is -5.26. The number of halogens is 15. The molecule has 0 aromatic heterocycles. The van der Waals surface area contributed by atoms with Crippen LogP contribution in [0.25, 0.3) is 22.3 Å². The third-order valence-electron chi connectivity index (χ3n) is 23.3. The smallest absolute Gasteiger partial charge is 0.253 e. The number of nitrogens with one attached hydrogen (secondary N) is 1. The molecule has 4 atom stereocenters. The van der Waals surface area contributed by atoms with Gasteiger partial charge in [0.05, 0.1) is 34.6 Å². The Bertz CT molecular complexity index is 3730. The van der Waals surface area contributed by atoms with Crippen molar-refractivity contribution in [1.82, 2.24) is 0 Å². The Labute approximate surface area is 607 Å². The third-order valence-corrected chi connectivity index (χ3v) is 34.9. The van der Waals surface area contributed by atoms with E-state index in [0.29, 0.717) is 18.9 Å². The van der Waals surface area contributed by atoms with Gasteiger partial charge < -0.3 is 9.33 Å². The topological polar surface area (TPSA) is 13.7 Å². The Kier molecular flexibility index (Phi) is 32.2. The molecule has 4 unspecified atom stereocenters. The Morgan fingerprint density at radius 2 is 0.835 bits per heavy atom. The van der Waals surface area contributed by atoms with E-state index in [1.165, 1.54) is 159 Å². The van der Waals surface area contributed by atoms with E-state index in [1.807, 2.05) is 4.90 Å². The largest absolute Gasteiger partial charge is 0.539 e. The molecule has 0 saturated carbocycles. The first kappa shape index (κ1) is 85.0. The van der Waals surface area contributed by atoms with Crippen LogP contribution in [0.5, 0.6) is 5.75 Å². The van der Waals surface area contributed by atoms with Gasteiger partial charge in [0.2, 0.25) is 0 Å². The highest BCUT2D eigenvalue weighted by atomic mass is 28.4. The van der Waals surface area contributed by atoms with Gasteiger partial charge in [-0.15, -0.1) is 17.1 Å². The summed E-state index contributed by atoms with van der Waals surface area (Å²) in [5, 5.41) is 0.288. The van der Waals surface area contributed by atoms with Crippen molar-refractivity contribution < 1.29 is 75.2 Å². The maximum Gasteiger partial charge on any atom is 0.253 e. The standard InChI is InChI=1S/C58H58BF15OSi3.C24H51N/c1-9-77(8,10-2)26-18-14-12-13-15-19-27-78(11-3,29(4)5)75-58-56(73)50(67)43(51(68)57(58)74)59(35-24-25-36(60)45(62)44(35)61,41-33-21-17-16-20-31(33)37-39(41)48(65)54(71)52(69)46(37)63)42-34-28-30(76(6)7)22-23-32(34)38-40(42)49(66)55(72)53(70)47(38)64;1-4-7-10-13-16-19-22-25(23-20-17-14-11-8-5-2)24-21-18-15-12-9-6-3/h16-17,20-25,28-29,41-42H,9-15,18-19,26-27H2,1-8H3;4-24H2,1-3H3/q-1;/p+1. The van der Waals surface area contributed by atoms with Crippen LogP contribution in [0.4, 0.5) is 65.9 Å². The molecule has 8 rings (SSSR count). The molecule has 1 N–H and O–H groups in total. The molecule has 21 heteroatoms. The van der Waals surface area contributed by atoms with Gasteiger partial charge in [-0.3, -0.25) is 0 Å². The molecule has 0 aliphatic heterocycles. The van der Waals surface area contributed by atoms with Crippen LogP contribution in [0.3, 0.4) is 0 Å². The van der Waals surface area contributed by atoms with Crippen molar-refractivity contribution in [2.24, 2.45) is 0 Å². The van der Waals surface area contributed by atoms with Gasteiger partial charge in [-0.25, -0.2) is 57.1 Å². The first-order valence-corrected chi connectivity index (χ1v) is 46.7. The lowest BCUT2D eigenvalue weighted by Gasteiger charge is -2.53. The zero-order valence-electron chi connectivity index (χ0n) is 62.7.